The van der Waals surface area contributed by atoms with Crippen molar-refractivity contribution in [3.63, 3.8) is 0 Å². The minimum absolute atomic E-state index is 0.0388. The second-order valence-electron chi connectivity index (χ2n) is 4.11. The number of para-hydroxylation sites is 1. The Hall–Kier alpha value is -2.82. The summed E-state index contributed by atoms with van der Waals surface area (Å²) in [6.07, 6.45) is 3.30. The van der Waals surface area contributed by atoms with Gasteiger partial charge in [-0.05, 0) is 24.3 Å². The van der Waals surface area contributed by atoms with Crippen molar-refractivity contribution >= 4 is 23.0 Å². The normalized spacial score (nSPS) is 10.5. The molecule has 0 saturated carbocycles. The number of rotatable bonds is 3. The molecule has 2 heterocycles. The number of carboxylic acid groups (broad SMARTS) is 1. The fourth-order valence-electron chi connectivity index (χ4n) is 1.86. The smallest absolute Gasteiger partial charge is 0.356 e. The first-order valence-electron chi connectivity index (χ1n) is 5.76. The zero-order chi connectivity index (χ0) is 13.2. The number of aromatic carboxylic acids is 1. The van der Waals surface area contributed by atoms with E-state index in [0.717, 1.165) is 11.4 Å². The maximum atomic E-state index is 10.9. The fourth-order valence-corrected chi connectivity index (χ4v) is 1.86. The van der Waals surface area contributed by atoms with Crippen molar-refractivity contribution in [3.05, 3.63) is 60.6 Å². The first-order chi connectivity index (χ1) is 9.22. The Morgan fingerprint density at radius 2 is 1.84 bits per heavy atom. The highest BCUT2D eigenvalue weighted by Crippen LogP contribution is 2.17. The van der Waals surface area contributed by atoms with E-state index in [0.29, 0.717) is 5.65 Å². The molecule has 0 bridgehead atoms. The van der Waals surface area contributed by atoms with Gasteiger partial charge in [0.1, 0.15) is 5.65 Å². The van der Waals surface area contributed by atoms with Crippen LogP contribution in [0.4, 0.5) is 11.4 Å². The van der Waals surface area contributed by atoms with Crippen molar-refractivity contribution in [2.24, 2.45) is 0 Å². The van der Waals surface area contributed by atoms with Gasteiger partial charge in [-0.2, -0.15) is 0 Å². The standard InChI is InChI=1S/C14H11N3O2/c18-14(19)12-9-17-8-11(6-7-13(17)16-12)15-10-4-2-1-3-5-10/h1-9,15H,(H,18,19). The molecular formula is C14H11N3O2. The highest BCUT2D eigenvalue weighted by molar-refractivity contribution is 5.86. The van der Waals surface area contributed by atoms with Crippen LogP contribution in [0, 0.1) is 0 Å². The molecule has 3 aromatic rings. The Labute approximate surface area is 109 Å². The average molecular weight is 253 g/mol. The number of carbonyl (C=O) groups is 1. The molecule has 5 heteroatoms. The van der Waals surface area contributed by atoms with E-state index in [2.05, 4.69) is 10.3 Å². The summed E-state index contributed by atoms with van der Waals surface area (Å²) in [5, 5.41) is 12.1. The van der Waals surface area contributed by atoms with Crippen LogP contribution in [-0.2, 0) is 0 Å². The van der Waals surface area contributed by atoms with E-state index in [1.807, 2.05) is 42.6 Å². The van der Waals surface area contributed by atoms with Gasteiger partial charge in [0.25, 0.3) is 0 Å². The van der Waals surface area contributed by atoms with Gasteiger partial charge in [0.2, 0.25) is 0 Å². The predicted octanol–water partition coefficient (Wildman–Crippen LogP) is 2.78. The number of pyridine rings is 1. The molecule has 0 unspecified atom stereocenters. The zero-order valence-electron chi connectivity index (χ0n) is 9.95. The Kier molecular flexibility index (Phi) is 2.64. The molecule has 19 heavy (non-hydrogen) atoms. The summed E-state index contributed by atoms with van der Waals surface area (Å²) in [4.78, 5) is 14.9. The summed E-state index contributed by atoms with van der Waals surface area (Å²) in [6, 6.07) is 13.4. The molecule has 0 aliphatic carbocycles. The van der Waals surface area contributed by atoms with Crippen molar-refractivity contribution in [2.45, 2.75) is 0 Å². The molecule has 2 aromatic heterocycles. The van der Waals surface area contributed by atoms with Gasteiger partial charge in [0.05, 0.1) is 5.69 Å². The monoisotopic (exact) mass is 253 g/mol. The molecule has 0 atom stereocenters. The van der Waals surface area contributed by atoms with Gasteiger partial charge < -0.3 is 14.8 Å². The number of aromatic nitrogens is 2. The van der Waals surface area contributed by atoms with E-state index >= 15 is 0 Å². The van der Waals surface area contributed by atoms with E-state index < -0.39 is 5.97 Å². The highest BCUT2D eigenvalue weighted by Gasteiger charge is 2.08. The van der Waals surface area contributed by atoms with E-state index in [1.165, 1.54) is 6.20 Å². The third kappa shape index (κ3) is 2.26. The summed E-state index contributed by atoms with van der Waals surface area (Å²) in [5.41, 5.74) is 2.49. The topological polar surface area (TPSA) is 66.6 Å². The molecule has 94 valence electrons. The van der Waals surface area contributed by atoms with Crippen LogP contribution in [0.25, 0.3) is 5.65 Å². The molecule has 0 aliphatic rings. The Morgan fingerprint density at radius 1 is 1.05 bits per heavy atom. The van der Waals surface area contributed by atoms with Crippen molar-refractivity contribution in [2.75, 3.05) is 5.32 Å². The molecule has 0 aliphatic heterocycles. The molecule has 2 N–H and O–H groups in total. The van der Waals surface area contributed by atoms with Crippen molar-refractivity contribution in [1.82, 2.24) is 9.38 Å². The third-order valence-electron chi connectivity index (χ3n) is 2.73. The number of nitrogens with zero attached hydrogens (tertiary/aromatic N) is 2. The minimum atomic E-state index is -1.03. The zero-order valence-corrected chi connectivity index (χ0v) is 9.95. The molecule has 5 nitrogen and oxygen atoms in total. The number of carboxylic acids is 1. The third-order valence-corrected chi connectivity index (χ3v) is 2.73. The van der Waals surface area contributed by atoms with Crippen LogP contribution in [0.5, 0.6) is 0 Å². The van der Waals surface area contributed by atoms with Crippen molar-refractivity contribution in [3.8, 4) is 0 Å². The second kappa shape index (κ2) is 4.45. The maximum absolute atomic E-state index is 10.9. The van der Waals surface area contributed by atoms with Crippen LogP contribution in [0.1, 0.15) is 10.5 Å². The van der Waals surface area contributed by atoms with Gasteiger partial charge in [-0.15, -0.1) is 0 Å². The number of hydrogen-bond acceptors (Lipinski definition) is 3. The van der Waals surface area contributed by atoms with Crippen LogP contribution in [0.15, 0.2) is 54.9 Å². The number of nitrogens with one attached hydrogen (secondary N) is 1. The van der Waals surface area contributed by atoms with Gasteiger partial charge in [-0.1, -0.05) is 18.2 Å². The summed E-state index contributed by atoms with van der Waals surface area (Å²) in [6.45, 7) is 0. The Morgan fingerprint density at radius 3 is 2.58 bits per heavy atom. The summed E-state index contributed by atoms with van der Waals surface area (Å²) in [5.74, 6) is -1.03. The molecule has 3 rings (SSSR count). The largest absolute Gasteiger partial charge is 0.476 e. The van der Waals surface area contributed by atoms with Crippen LogP contribution < -0.4 is 5.32 Å². The quantitative estimate of drug-likeness (QED) is 0.753. The summed E-state index contributed by atoms with van der Waals surface area (Å²) in [7, 11) is 0. The van der Waals surface area contributed by atoms with E-state index in [1.54, 1.807) is 10.5 Å². The lowest BCUT2D eigenvalue weighted by atomic mass is 10.3. The van der Waals surface area contributed by atoms with Gasteiger partial charge >= 0.3 is 5.97 Å². The maximum Gasteiger partial charge on any atom is 0.356 e. The first kappa shape index (κ1) is 11.3. The number of anilines is 2. The van der Waals surface area contributed by atoms with E-state index in [9.17, 15) is 4.79 Å². The van der Waals surface area contributed by atoms with E-state index in [4.69, 9.17) is 5.11 Å². The highest BCUT2D eigenvalue weighted by atomic mass is 16.4. The van der Waals surface area contributed by atoms with Gasteiger partial charge in [0, 0.05) is 18.1 Å². The lowest BCUT2D eigenvalue weighted by Crippen LogP contribution is -1.94. The lowest BCUT2D eigenvalue weighted by Gasteiger charge is -2.06. The molecule has 0 radical (unpaired) electrons. The number of hydrogen-bond donors (Lipinski definition) is 2. The average Bonchev–Trinajstić information content (AvgIpc) is 2.83. The fraction of sp³-hybridized carbons (Fsp3) is 0. The van der Waals surface area contributed by atoms with Gasteiger partial charge in [-0.25, -0.2) is 9.78 Å². The van der Waals surface area contributed by atoms with E-state index in [-0.39, 0.29) is 5.69 Å². The van der Waals surface area contributed by atoms with Crippen LogP contribution in [-0.4, -0.2) is 20.5 Å². The number of benzene rings is 1. The molecule has 0 fully saturated rings. The lowest BCUT2D eigenvalue weighted by molar-refractivity contribution is 0.0691. The second-order valence-corrected chi connectivity index (χ2v) is 4.11. The predicted molar refractivity (Wildman–Crippen MR) is 71.9 cm³/mol. The molecule has 0 amide bonds. The Bertz CT molecular complexity index is 735. The number of fused-ring (bicyclic) bond motifs is 1. The molecule has 0 spiro atoms. The van der Waals surface area contributed by atoms with Crippen LogP contribution in [0.2, 0.25) is 0 Å². The number of imidazole rings is 1. The van der Waals surface area contributed by atoms with Crippen LogP contribution in [0.3, 0.4) is 0 Å². The molecule has 0 saturated heterocycles. The van der Waals surface area contributed by atoms with Gasteiger partial charge in [0.15, 0.2) is 5.69 Å². The van der Waals surface area contributed by atoms with Crippen LogP contribution >= 0.6 is 0 Å². The molecular weight excluding hydrogens is 242 g/mol. The summed E-state index contributed by atoms with van der Waals surface area (Å²) >= 11 is 0. The molecule has 1 aromatic carbocycles. The minimum Gasteiger partial charge on any atom is -0.476 e. The first-order valence-corrected chi connectivity index (χ1v) is 5.76. The summed E-state index contributed by atoms with van der Waals surface area (Å²) < 4.78 is 1.69. The SMILES string of the molecule is O=C(O)c1cn2cc(Nc3ccccc3)ccc2n1. The van der Waals surface area contributed by atoms with Gasteiger partial charge in [-0.3, -0.25) is 0 Å². The van der Waals surface area contributed by atoms with Crippen molar-refractivity contribution in [1.29, 1.82) is 0 Å². The Balaban J connectivity index is 1.95. The van der Waals surface area contributed by atoms with Crippen molar-refractivity contribution < 1.29 is 9.90 Å².